The standard InChI is InChI=1S/C19H22N4O2/c1-22(18-7-4-10-20-21-18)15-8-11-23(12-9-15)19(24)17-13-14-5-2-3-6-16(14)25-17/h2-7,10,15,17H,8-9,11-13H2,1H3/t17-/m0/s1. The fraction of sp³-hybridized carbons (Fsp3) is 0.421. The first-order chi connectivity index (χ1) is 12.2. The molecule has 2 aliphatic rings. The number of aromatic nitrogens is 2. The molecule has 0 aliphatic carbocycles. The van der Waals surface area contributed by atoms with Crippen LogP contribution in [0.25, 0.3) is 0 Å². The topological polar surface area (TPSA) is 58.6 Å². The van der Waals surface area contributed by atoms with Crippen molar-refractivity contribution in [2.24, 2.45) is 0 Å². The van der Waals surface area contributed by atoms with E-state index in [9.17, 15) is 4.79 Å². The molecule has 0 spiro atoms. The molecular formula is C19H22N4O2. The number of carbonyl (C=O) groups excluding carboxylic acids is 1. The fourth-order valence-electron chi connectivity index (χ4n) is 3.67. The van der Waals surface area contributed by atoms with Gasteiger partial charge in [-0.05, 0) is 36.6 Å². The highest BCUT2D eigenvalue weighted by Crippen LogP contribution is 2.29. The highest BCUT2D eigenvalue weighted by atomic mass is 16.5. The summed E-state index contributed by atoms with van der Waals surface area (Å²) in [5.74, 6) is 1.83. The van der Waals surface area contributed by atoms with Crippen LogP contribution in [0.1, 0.15) is 18.4 Å². The molecule has 0 N–H and O–H groups in total. The number of hydrogen-bond donors (Lipinski definition) is 0. The number of anilines is 1. The van der Waals surface area contributed by atoms with Gasteiger partial charge in [0.25, 0.3) is 5.91 Å². The quantitative estimate of drug-likeness (QED) is 0.856. The van der Waals surface area contributed by atoms with Gasteiger partial charge in [-0.2, -0.15) is 5.10 Å². The lowest BCUT2D eigenvalue weighted by Gasteiger charge is -2.37. The molecule has 1 amide bonds. The molecule has 25 heavy (non-hydrogen) atoms. The average Bonchev–Trinajstić information content (AvgIpc) is 3.12. The van der Waals surface area contributed by atoms with Crippen LogP contribution in [0, 0.1) is 0 Å². The van der Waals surface area contributed by atoms with Crippen molar-refractivity contribution >= 4 is 11.7 Å². The first kappa shape index (κ1) is 15.9. The molecule has 6 heteroatoms. The predicted molar refractivity (Wildman–Crippen MR) is 94.6 cm³/mol. The van der Waals surface area contributed by atoms with Crippen molar-refractivity contribution in [1.29, 1.82) is 0 Å². The summed E-state index contributed by atoms with van der Waals surface area (Å²) in [5, 5.41) is 8.11. The van der Waals surface area contributed by atoms with E-state index in [1.165, 1.54) is 0 Å². The van der Waals surface area contributed by atoms with E-state index in [1.807, 2.05) is 48.3 Å². The summed E-state index contributed by atoms with van der Waals surface area (Å²) in [6.45, 7) is 1.51. The summed E-state index contributed by atoms with van der Waals surface area (Å²) in [6, 6.07) is 12.1. The minimum atomic E-state index is -0.369. The van der Waals surface area contributed by atoms with Gasteiger partial charge in [0.2, 0.25) is 0 Å². The van der Waals surface area contributed by atoms with Crippen LogP contribution in [-0.2, 0) is 11.2 Å². The molecule has 1 fully saturated rings. The summed E-state index contributed by atoms with van der Waals surface area (Å²) in [7, 11) is 2.04. The van der Waals surface area contributed by atoms with E-state index in [2.05, 4.69) is 15.1 Å². The van der Waals surface area contributed by atoms with Gasteiger partial charge in [-0.1, -0.05) is 18.2 Å². The predicted octanol–water partition coefficient (Wildman–Crippen LogP) is 1.91. The van der Waals surface area contributed by atoms with E-state index in [0.29, 0.717) is 12.5 Å². The Morgan fingerprint density at radius 3 is 2.72 bits per heavy atom. The first-order valence-electron chi connectivity index (χ1n) is 8.76. The molecule has 2 aliphatic heterocycles. The molecule has 2 aromatic rings. The van der Waals surface area contributed by atoms with E-state index in [1.54, 1.807) is 6.20 Å². The first-order valence-corrected chi connectivity index (χ1v) is 8.76. The summed E-state index contributed by atoms with van der Waals surface area (Å²) in [4.78, 5) is 16.9. The van der Waals surface area contributed by atoms with Crippen molar-refractivity contribution in [2.45, 2.75) is 31.4 Å². The van der Waals surface area contributed by atoms with E-state index in [4.69, 9.17) is 4.74 Å². The molecule has 0 radical (unpaired) electrons. The van der Waals surface area contributed by atoms with Crippen LogP contribution >= 0.6 is 0 Å². The van der Waals surface area contributed by atoms with Gasteiger partial charge in [-0.3, -0.25) is 4.79 Å². The summed E-state index contributed by atoms with van der Waals surface area (Å²) in [5.41, 5.74) is 1.12. The Kier molecular flexibility index (Phi) is 4.26. The van der Waals surface area contributed by atoms with Crippen LogP contribution in [0.2, 0.25) is 0 Å². The zero-order valence-electron chi connectivity index (χ0n) is 14.3. The fourth-order valence-corrected chi connectivity index (χ4v) is 3.67. The summed E-state index contributed by atoms with van der Waals surface area (Å²) in [6.07, 6.45) is 3.84. The Labute approximate surface area is 147 Å². The van der Waals surface area contributed by atoms with Gasteiger partial charge in [-0.15, -0.1) is 5.10 Å². The lowest BCUT2D eigenvalue weighted by atomic mass is 10.0. The third kappa shape index (κ3) is 3.16. The second-order valence-electron chi connectivity index (χ2n) is 6.67. The Bertz CT molecular complexity index is 719. The molecule has 1 saturated heterocycles. The number of nitrogens with zero attached hydrogens (tertiary/aromatic N) is 4. The maximum atomic E-state index is 12.8. The molecule has 1 atom stereocenters. The molecule has 1 aromatic carbocycles. The number of piperidine rings is 1. The third-order valence-electron chi connectivity index (χ3n) is 5.17. The van der Waals surface area contributed by atoms with Gasteiger partial charge in [0.1, 0.15) is 5.75 Å². The summed E-state index contributed by atoms with van der Waals surface area (Å²) >= 11 is 0. The average molecular weight is 338 g/mol. The van der Waals surface area contributed by atoms with Crippen LogP contribution in [0.3, 0.4) is 0 Å². The molecule has 0 bridgehead atoms. The number of carbonyl (C=O) groups is 1. The molecular weight excluding hydrogens is 316 g/mol. The van der Waals surface area contributed by atoms with Gasteiger partial charge in [0.15, 0.2) is 11.9 Å². The van der Waals surface area contributed by atoms with E-state index in [0.717, 1.165) is 43.1 Å². The molecule has 6 nitrogen and oxygen atoms in total. The maximum absolute atomic E-state index is 12.8. The van der Waals surface area contributed by atoms with Crippen molar-refractivity contribution in [3.8, 4) is 5.75 Å². The van der Waals surface area contributed by atoms with Crippen molar-refractivity contribution in [3.63, 3.8) is 0 Å². The minimum absolute atomic E-state index is 0.108. The molecule has 3 heterocycles. The van der Waals surface area contributed by atoms with Gasteiger partial charge in [-0.25, -0.2) is 0 Å². The van der Waals surface area contributed by atoms with E-state index in [-0.39, 0.29) is 12.0 Å². The second-order valence-corrected chi connectivity index (χ2v) is 6.67. The number of para-hydroxylation sites is 1. The van der Waals surface area contributed by atoms with Crippen LogP contribution in [0.5, 0.6) is 5.75 Å². The maximum Gasteiger partial charge on any atom is 0.263 e. The van der Waals surface area contributed by atoms with Gasteiger partial charge in [0, 0.05) is 38.8 Å². The SMILES string of the molecule is CN(c1cccnn1)C1CCN(C(=O)[C@@H]2Cc3ccccc3O2)CC1. The Balaban J connectivity index is 1.34. The largest absolute Gasteiger partial charge is 0.480 e. The van der Waals surface area contributed by atoms with Crippen LogP contribution in [0.4, 0.5) is 5.82 Å². The van der Waals surface area contributed by atoms with Crippen molar-refractivity contribution in [1.82, 2.24) is 15.1 Å². The number of amides is 1. The molecule has 130 valence electrons. The lowest BCUT2D eigenvalue weighted by Crippen LogP contribution is -2.49. The third-order valence-corrected chi connectivity index (χ3v) is 5.17. The Morgan fingerprint density at radius 2 is 2.00 bits per heavy atom. The summed E-state index contributed by atoms with van der Waals surface area (Å²) < 4.78 is 5.85. The lowest BCUT2D eigenvalue weighted by molar-refractivity contribution is -0.139. The number of likely N-dealkylation sites (tertiary alicyclic amines) is 1. The zero-order valence-corrected chi connectivity index (χ0v) is 14.3. The smallest absolute Gasteiger partial charge is 0.263 e. The monoisotopic (exact) mass is 338 g/mol. The van der Waals surface area contributed by atoms with Gasteiger partial charge in [0.05, 0.1) is 0 Å². The molecule has 0 saturated carbocycles. The van der Waals surface area contributed by atoms with Crippen LogP contribution < -0.4 is 9.64 Å². The van der Waals surface area contributed by atoms with E-state index >= 15 is 0 Å². The van der Waals surface area contributed by atoms with Crippen molar-refractivity contribution < 1.29 is 9.53 Å². The number of hydrogen-bond acceptors (Lipinski definition) is 5. The molecule has 4 rings (SSSR count). The second kappa shape index (κ2) is 6.70. The molecule has 1 aromatic heterocycles. The zero-order chi connectivity index (χ0) is 17.2. The minimum Gasteiger partial charge on any atom is -0.480 e. The van der Waals surface area contributed by atoms with Crippen LogP contribution in [-0.4, -0.2) is 53.3 Å². The highest BCUT2D eigenvalue weighted by molar-refractivity contribution is 5.82. The molecule has 0 unspecified atom stereocenters. The van der Waals surface area contributed by atoms with Gasteiger partial charge >= 0.3 is 0 Å². The van der Waals surface area contributed by atoms with E-state index < -0.39 is 0 Å². The normalized spacial score (nSPS) is 20.0. The number of ether oxygens (including phenoxy) is 1. The Morgan fingerprint density at radius 1 is 1.20 bits per heavy atom. The number of fused-ring (bicyclic) bond motifs is 1. The van der Waals surface area contributed by atoms with Crippen LogP contribution in [0.15, 0.2) is 42.6 Å². The number of rotatable bonds is 3. The number of benzene rings is 1. The highest BCUT2D eigenvalue weighted by Gasteiger charge is 2.34. The van der Waals surface area contributed by atoms with Gasteiger partial charge < -0.3 is 14.5 Å². The Hall–Kier alpha value is -2.63. The van der Waals surface area contributed by atoms with Crippen molar-refractivity contribution in [2.75, 3.05) is 25.0 Å². The van der Waals surface area contributed by atoms with Crippen molar-refractivity contribution in [3.05, 3.63) is 48.2 Å².